The molecule has 0 N–H and O–H groups in total. The van der Waals surface area contributed by atoms with Crippen LogP contribution in [0.25, 0.3) is 0 Å². The van der Waals surface area contributed by atoms with Crippen molar-refractivity contribution in [3.63, 3.8) is 0 Å². The van der Waals surface area contributed by atoms with E-state index >= 15 is 0 Å². The predicted octanol–water partition coefficient (Wildman–Crippen LogP) is 13.7. The van der Waals surface area contributed by atoms with Gasteiger partial charge in [-0.3, -0.25) is 14.4 Å². The largest absolute Gasteiger partial charge is 0.462 e. The van der Waals surface area contributed by atoms with Gasteiger partial charge in [0, 0.05) is 19.3 Å². The van der Waals surface area contributed by atoms with Crippen LogP contribution in [0.2, 0.25) is 0 Å². The van der Waals surface area contributed by atoms with Gasteiger partial charge in [-0.2, -0.15) is 0 Å². The highest BCUT2D eigenvalue weighted by molar-refractivity contribution is 5.71. The van der Waals surface area contributed by atoms with Crippen molar-refractivity contribution >= 4 is 17.9 Å². The molecule has 6 nitrogen and oxygen atoms in total. The first-order valence-corrected chi connectivity index (χ1v) is 21.8. The highest BCUT2D eigenvalue weighted by Crippen LogP contribution is 2.13. The third-order valence-electron chi connectivity index (χ3n) is 9.02. The van der Waals surface area contributed by atoms with Crippen LogP contribution >= 0.6 is 0 Å². The molecule has 0 fully saturated rings. The van der Waals surface area contributed by atoms with Crippen molar-refractivity contribution < 1.29 is 28.6 Å². The summed E-state index contributed by atoms with van der Waals surface area (Å²) >= 11 is 0. The fourth-order valence-electron chi connectivity index (χ4n) is 5.75. The molecule has 0 aliphatic heterocycles. The van der Waals surface area contributed by atoms with Crippen molar-refractivity contribution in [2.24, 2.45) is 0 Å². The van der Waals surface area contributed by atoms with Crippen molar-refractivity contribution in [3.8, 4) is 0 Å². The Kier molecular flexibility index (Phi) is 39.6. The SMILES string of the molecule is CC/C=C\C/C=C\C/C=C\CCCC(=O)OC(COC(=O)CC/C=C\C/C=C\CCCCCCCC)COC(=O)CCCCCCCCCCCCC. The Morgan fingerprint density at radius 2 is 0.792 bits per heavy atom. The van der Waals surface area contributed by atoms with Gasteiger partial charge >= 0.3 is 17.9 Å². The maximum Gasteiger partial charge on any atom is 0.306 e. The highest BCUT2D eigenvalue weighted by Gasteiger charge is 2.19. The Balaban J connectivity index is 4.51. The number of hydrogen-bond donors (Lipinski definition) is 0. The fourth-order valence-corrected chi connectivity index (χ4v) is 5.75. The molecular weight excluding hydrogens is 661 g/mol. The summed E-state index contributed by atoms with van der Waals surface area (Å²) in [6.07, 6.45) is 49.4. The number of esters is 3. The number of allylic oxidation sites excluding steroid dienone is 10. The first kappa shape index (κ1) is 50.1. The molecule has 0 saturated carbocycles. The minimum atomic E-state index is -0.817. The standard InChI is InChI=1S/C47H80O6/c1-4-7-10-13-16-19-22-23-26-28-31-34-37-40-46(49)52-43-44(53-47(50)41-38-35-32-29-25-21-18-15-12-9-6-3)42-51-45(48)39-36-33-30-27-24-20-17-14-11-8-5-2/h9,12,18,21,23,26,29,31-32,34,44H,4-8,10-11,13-17,19-20,22,24-25,27-28,30,33,35-43H2,1-3H3/b12-9-,21-18-,26-23-,32-29-,34-31-. The maximum absolute atomic E-state index is 12.6. The summed E-state index contributed by atoms with van der Waals surface area (Å²) in [7, 11) is 0. The van der Waals surface area contributed by atoms with Gasteiger partial charge in [-0.15, -0.1) is 0 Å². The third kappa shape index (κ3) is 40.1. The molecule has 0 rings (SSSR count). The van der Waals surface area contributed by atoms with Crippen LogP contribution in [0.15, 0.2) is 60.8 Å². The molecule has 0 saturated heterocycles. The van der Waals surface area contributed by atoms with Crippen LogP contribution in [-0.4, -0.2) is 37.2 Å². The van der Waals surface area contributed by atoms with Crippen molar-refractivity contribution in [3.05, 3.63) is 60.8 Å². The molecule has 0 aliphatic carbocycles. The highest BCUT2D eigenvalue weighted by atomic mass is 16.6. The van der Waals surface area contributed by atoms with Gasteiger partial charge in [-0.25, -0.2) is 0 Å². The van der Waals surface area contributed by atoms with Crippen LogP contribution in [0.1, 0.15) is 201 Å². The average Bonchev–Trinajstić information content (AvgIpc) is 3.15. The Hall–Kier alpha value is -2.89. The normalized spacial score (nSPS) is 12.6. The minimum Gasteiger partial charge on any atom is -0.462 e. The first-order chi connectivity index (χ1) is 26.0. The van der Waals surface area contributed by atoms with Gasteiger partial charge in [0.05, 0.1) is 0 Å². The second-order valence-corrected chi connectivity index (χ2v) is 14.2. The van der Waals surface area contributed by atoms with Crippen LogP contribution in [0.5, 0.6) is 0 Å². The molecular formula is C47H80O6. The monoisotopic (exact) mass is 741 g/mol. The molecule has 304 valence electrons. The van der Waals surface area contributed by atoms with Gasteiger partial charge in [-0.1, -0.05) is 178 Å². The smallest absolute Gasteiger partial charge is 0.306 e. The van der Waals surface area contributed by atoms with E-state index in [0.717, 1.165) is 57.8 Å². The molecule has 0 amide bonds. The van der Waals surface area contributed by atoms with E-state index in [1.54, 1.807) is 0 Å². The molecule has 0 spiro atoms. The van der Waals surface area contributed by atoms with E-state index in [9.17, 15) is 14.4 Å². The Morgan fingerprint density at radius 3 is 1.32 bits per heavy atom. The Bertz CT molecular complexity index is 991. The molecule has 0 aliphatic rings. The molecule has 53 heavy (non-hydrogen) atoms. The van der Waals surface area contributed by atoms with Gasteiger partial charge in [0.2, 0.25) is 0 Å². The summed E-state index contributed by atoms with van der Waals surface area (Å²) in [5.74, 6) is -1.04. The number of hydrogen-bond acceptors (Lipinski definition) is 6. The average molecular weight is 741 g/mol. The molecule has 1 unspecified atom stereocenters. The lowest BCUT2D eigenvalue weighted by molar-refractivity contribution is -0.166. The maximum atomic E-state index is 12.6. The zero-order valence-electron chi connectivity index (χ0n) is 34.5. The molecule has 0 heterocycles. The van der Waals surface area contributed by atoms with Crippen molar-refractivity contribution in [2.75, 3.05) is 13.2 Å². The van der Waals surface area contributed by atoms with E-state index in [0.29, 0.717) is 19.3 Å². The van der Waals surface area contributed by atoms with Crippen LogP contribution < -0.4 is 0 Å². The van der Waals surface area contributed by atoms with Crippen LogP contribution in [0.3, 0.4) is 0 Å². The second kappa shape index (κ2) is 41.9. The van der Waals surface area contributed by atoms with Crippen LogP contribution in [0.4, 0.5) is 0 Å². The molecule has 0 aromatic heterocycles. The van der Waals surface area contributed by atoms with E-state index in [-0.39, 0.29) is 44.0 Å². The lowest BCUT2D eigenvalue weighted by atomic mass is 10.1. The van der Waals surface area contributed by atoms with Crippen LogP contribution in [0, 0.1) is 0 Å². The molecule has 1 atom stereocenters. The van der Waals surface area contributed by atoms with E-state index < -0.39 is 6.10 Å². The van der Waals surface area contributed by atoms with Gasteiger partial charge in [0.25, 0.3) is 0 Å². The molecule has 0 aromatic rings. The molecule has 0 aromatic carbocycles. The van der Waals surface area contributed by atoms with E-state index in [1.165, 1.54) is 89.9 Å². The Labute approximate surface area is 326 Å². The number of unbranched alkanes of at least 4 members (excludes halogenated alkanes) is 17. The summed E-state index contributed by atoms with van der Waals surface area (Å²) < 4.78 is 16.5. The minimum absolute atomic E-state index is 0.111. The van der Waals surface area contributed by atoms with Gasteiger partial charge in [-0.05, 0) is 64.2 Å². The van der Waals surface area contributed by atoms with E-state index in [2.05, 4.69) is 75.5 Å². The topological polar surface area (TPSA) is 78.9 Å². The van der Waals surface area contributed by atoms with Gasteiger partial charge < -0.3 is 14.2 Å². The summed E-state index contributed by atoms with van der Waals surface area (Å²) in [6.45, 7) is 6.38. The number of ether oxygens (including phenoxy) is 3. The Morgan fingerprint density at radius 1 is 0.396 bits per heavy atom. The van der Waals surface area contributed by atoms with E-state index in [1.807, 2.05) is 6.08 Å². The summed E-state index contributed by atoms with van der Waals surface area (Å²) in [5, 5.41) is 0. The summed E-state index contributed by atoms with van der Waals surface area (Å²) in [5.41, 5.74) is 0. The quantitative estimate of drug-likeness (QED) is 0.0271. The fraction of sp³-hybridized carbons (Fsp3) is 0.723. The number of rotatable bonds is 38. The zero-order valence-corrected chi connectivity index (χ0v) is 34.5. The van der Waals surface area contributed by atoms with Gasteiger partial charge in [0.1, 0.15) is 13.2 Å². The lowest BCUT2D eigenvalue weighted by Crippen LogP contribution is -2.30. The molecule has 0 radical (unpaired) electrons. The van der Waals surface area contributed by atoms with Crippen molar-refractivity contribution in [2.45, 2.75) is 207 Å². The summed E-state index contributed by atoms with van der Waals surface area (Å²) in [6, 6.07) is 0. The van der Waals surface area contributed by atoms with Crippen molar-refractivity contribution in [1.82, 2.24) is 0 Å². The van der Waals surface area contributed by atoms with Crippen LogP contribution in [-0.2, 0) is 28.6 Å². The first-order valence-electron chi connectivity index (χ1n) is 21.8. The predicted molar refractivity (Wildman–Crippen MR) is 224 cm³/mol. The third-order valence-corrected chi connectivity index (χ3v) is 9.02. The lowest BCUT2D eigenvalue weighted by Gasteiger charge is -2.18. The molecule has 6 heteroatoms. The van der Waals surface area contributed by atoms with E-state index in [4.69, 9.17) is 14.2 Å². The molecule has 0 bridgehead atoms. The number of carbonyl (C=O) groups is 3. The summed E-state index contributed by atoms with van der Waals surface area (Å²) in [4.78, 5) is 37.6. The number of carbonyl (C=O) groups excluding carboxylic acids is 3. The van der Waals surface area contributed by atoms with Crippen molar-refractivity contribution in [1.29, 1.82) is 0 Å². The zero-order chi connectivity index (χ0) is 38.7. The van der Waals surface area contributed by atoms with Gasteiger partial charge in [0.15, 0.2) is 6.10 Å². The second-order valence-electron chi connectivity index (χ2n) is 14.2.